The number of benzene rings is 3. The summed E-state index contributed by atoms with van der Waals surface area (Å²) in [5, 5.41) is 8.11. The Morgan fingerprint density at radius 2 is 1.57 bits per heavy atom. The van der Waals surface area contributed by atoms with Crippen LogP contribution in [0.2, 0.25) is 0 Å². The number of fused-ring (bicyclic) bond motifs is 1. The minimum absolute atomic E-state index is 0.0433. The third-order valence-electron chi connectivity index (χ3n) is 10.7. The smallest absolute Gasteiger partial charge is 0.399 e. The van der Waals surface area contributed by atoms with Crippen molar-refractivity contribution in [2.75, 3.05) is 31.1 Å². The summed E-state index contributed by atoms with van der Waals surface area (Å²) in [5.41, 5.74) is 2.75. The highest BCUT2D eigenvalue weighted by Gasteiger charge is 2.51. The molecule has 3 aliphatic rings. The van der Waals surface area contributed by atoms with Gasteiger partial charge in [0.15, 0.2) is 0 Å². The van der Waals surface area contributed by atoms with Crippen molar-refractivity contribution < 1.29 is 18.5 Å². The summed E-state index contributed by atoms with van der Waals surface area (Å²) in [6.07, 6.45) is 3.24. The average molecular weight is 623 g/mol. The Kier molecular flexibility index (Phi) is 7.56. The number of carbonyl (C=O) groups is 1. The van der Waals surface area contributed by atoms with Gasteiger partial charge in [0.05, 0.1) is 27.8 Å². The molecule has 0 unspecified atom stereocenters. The number of likely N-dealkylation sites (tertiary alicyclic amines) is 1. The van der Waals surface area contributed by atoms with Gasteiger partial charge in [-0.25, -0.2) is 9.49 Å². The van der Waals surface area contributed by atoms with Crippen LogP contribution in [0, 0.1) is 11.2 Å². The fraction of sp³-hybridized carbons (Fsp3) is 0.417. The second kappa shape index (κ2) is 11.3. The lowest BCUT2D eigenvalue weighted by atomic mass is 9.77. The van der Waals surface area contributed by atoms with Crippen LogP contribution in [-0.4, -0.2) is 65.5 Å². The molecular weight excluding hydrogens is 582 g/mol. The monoisotopic (exact) mass is 622 g/mol. The first-order valence-electron chi connectivity index (χ1n) is 16.2. The summed E-state index contributed by atoms with van der Waals surface area (Å²) in [6.45, 7) is 11.3. The summed E-state index contributed by atoms with van der Waals surface area (Å²) in [7, 11) is -0.378. The number of rotatable bonds is 5. The van der Waals surface area contributed by atoms with Gasteiger partial charge in [0.1, 0.15) is 5.82 Å². The van der Waals surface area contributed by atoms with Crippen LogP contribution in [0.3, 0.4) is 0 Å². The SMILES string of the molecule is CC1(C)OB(c2ccc(N3CCC4(CCN(C(=O)c5cc(Cc6n[nH]c(=O)c7ccccc67)ccc5F)C4)CC3)cc2)OC1(C)C. The zero-order chi connectivity index (χ0) is 32.3. The van der Waals surface area contributed by atoms with E-state index in [-0.39, 0.29) is 40.8 Å². The van der Waals surface area contributed by atoms with Crippen molar-refractivity contribution in [2.45, 2.75) is 64.6 Å². The number of aromatic nitrogens is 2. The highest BCUT2D eigenvalue weighted by molar-refractivity contribution is 6.62. The molecule has 3 saturated heterocycles. The molecule has 0 radical (unpaired) electrons. The second-order valence-corrected chi connectivity index (χ2v) is 14.2. The van der Waals surface area contributed by atoms with Crippen molar-refractivity contribution in [3.05, 3.63) is 99.7 Å². The van der Waals surface area contributed by atoms with Crippen molar-refractivity contribution >= 4 is 34.9 Å². The van der Waals surface area contributed by atoms with Gasteiger partial charge in [0, 0.05) is 43.7 Å². The predicted molar refractivity (Wildman–Crippen MR) is 178 cm³/mol. The maximum absolute atomic E-state index is 15.1. The van der Waals surface area contributed by atoms with E-state index in [1.54, 1.807) is 18.2 Å². The van der Waals surface area contributed by atoms with Crippen molar-refractivity contribution in [3.8, 4) is 0 Å². The quantitative estimate of drug-likeness (QED) is 0.313. The van der Waals surface area contributed by atoms with Gasteiger partial charge < -0.3 is 19.1 Å². The minimum Gasteiger partial charge on any atom is -0.399 e. The third-order valence-corrected chi connectivity index (χ3v) is 10.7. The summed E-state index contributed by atoms with van der Waals surface area (Å²) < 4.78 is 27.5. The normalized spacial score (nSPS) is 20.2. The van der Waals surface area contributed by atoms with Crippen LogP contribution in [0.5, 0.6) is 0 Å². The molecule has 3 fully saturated rings. The Morgan fingerprint density at radius 1 is 0.913 bits per heavy atom. The van der Waals surface area contributed by atoms with E-state index in [0.717, 1.165) is 48.8 Å². The largest absolute Gasteiger partial charge is 0.494 e. The first-order chi connectivity index (χ1) is 21.9. The number of H-pyrrole nitrogens is 1. The van der Waals surface area contributed by atoms with Crippen LogP contribution in [0.25, 0.3) is 10.8 Å². The fourth-order valence-electron chi connectivity index (χ4n) is 7.09. The molecule has 0 aliphatic carbocycles. The summed E-state index contributed by atoms with van der Waals surface area (Å²) in [4.78, 5) is 30.1. The van der Waals surface area contributed by atoms with Crippen LogP contribution in [0.15, 0.2) is 71.5 Å². The van der Waals surface area contributed by atoms with Gasteiger partial charge in [-0.2, -0.15) is 5.10 Å². The molecule has 3 aliphatic heterocycles. The Labute approximate surface area is 269 Å². The predicted octanol–water partition coefficient (Wildman–Crippen LogP) is 5.08. The van der Waals surface area contributed by atoms with Crippen molar-refractivity contribution in [1.82, 2.24) is 15.1 Å². The summed E-state index contributed by atoms with van der Waals surface area (Å²) >= 11 is 0. The molecule has 0 atom stereocenters. The molecule has 238 valence electrons. The fourth-order valence-corrected chi connectivity index (χ4v) is 7.09. The third kappa shape index (κ3) is 5.51. The molecule has 0 saturated carbocycles. The van der Waals surface area contributed by atoms with E-state index >= 15 is 4.39 Å². The van der Waals surface area contributed by atoms with Gasteiger partial charge in [0.2, 0.25) is 0 Å². The second-order valence-electron chi connectivity index (χ2n) is 14.2. The zero-order valence-electron chi connectivity index (χ0n) is 26.9. The molecule has 1 aromatic heterocycles. The molecule has 4 heterocycles. The number of piperidine rings is 1. The van der Waals surface area contributed by atoms with Crippen molar-refractivity contribution in [1.29, 1.82) is 0 Å². The minimum atomic E-state index is -0.521. The first-order valence-corrected chi connectivity index (χ1v) is 16.2. The van der Waals surface area contributed by atoms with Crippen LogP contribution in [0.4, 0.5) is 10.1 Å². The molecule has 1 N–H and O–H groups in total. The highest BCUT2D eigenvalue weighted by atomic mass is 19.1. The van der Waals surface area contributed by atoms with Crippen LogP contribution in [0.1, 0.15) is 68.6 Å². The van der Waals surface area contributed by atoms with Crippen molar-refractivity contribution in [2.24, 2.45) is 5.41 Å². The number of anilines is 1. The molecular formula is C36H40BFN4O4. The number of hydrogen-bond donors (Lipinski definition) is 1. The van der Waals surface area contributed by atoms with E-state index in [9.17, 15) is 9.59 Å². The summed E-state index contributed by atoms with van der Waals surface area (Å²) in [5.74, 6) is -0.788. The Balaban J connectivity index is 0.991. The number of carbonyl (C=O) groups excluding carboxylic acids is 1. The zero-order valence-corrected chi connectivity index (χ0v) is 26.9. The molecule has 1 spiro atoms. The number of amides is 1. The molecule has 4 aromatic rings. The number of nitrogens with one attached hydrogen (secondary N) is 1. The molecule has 10 heteroatoms. The van der Waals surface area contributed by atoms with E-state index in [2.05, 4.69) is 67.1 Å². The van der Waals surface area contributed by atoms with Crippen molar-refractivity contribution in [3.63, 3.8) is 0 Å². The van der Waals surface area contributed by atoms with Gasteiger partial charge in [0.25, 0.3) is 11.5 Å². The van der Waals surface area contributed by atoms with Crippen LogP contribution in [-0.2, 0) is 15.7 Å². The number of nitrogens with zero attached hydrogens (tertiary/aromatic N) is 3. The maximum Gasteiger partial charge on any atom is 0.494 e. The van der Waals surface area contributed by atoms with E-state index < -0.39 is 5.82 Å². The van der Waals surface area contributed by atoms with E-state index in [1.807, 2.05) is 23.1 Å². The van der Waals surface area contributed by atoms with Crippen LogP contribution < -0.4 is 15.9 Å². The Bertz CT molecular complexity index is 1830. The molecule has 7 rings (SSSR count). The molecule has 3 aromatic carbocycles. The van der Waals surface area contributed by atoms with Crippen LogP contribution >= 0.6 is 0 Å². The topological polar surface area (TPSA) is 87.8 Å². The van der Waals surface area contributed by atoms with E-state index in [0.29, 0.717) is 30.6 Å². The lowest BCUT2D eigenvalue weighted by Gasteiger charge is -2.40. The molecule has 46 heavy (non-hydrogen) atoms. The molecule has 0 bridgehead atoms. The standard InChI is InChI=1S/C36H40BFN4O4/c1-34(2)35(3,4)46-37(45-34)25-10-12-26(13-11-25)41-18-15-36(16-19-41)17-20-42(23-36)33(44)29-21-24(9-14-30(29)38)22-31-27-7-5-6-8-28(27)32(43)40-39-31/h5-14,21H,15-20,22-23H2,1-4H3,(H,40,43). The summed E-state index contributed by atoms with van der Waals surface area (Å²) in [6, 6.07) is 20.4. The lowest BCUT2D eigenvalue weighted by molar-refractivity contribution is 0.00578. The highest BCUT2D eigenvalue weighted by Crippen LogP contribution is 2.42. The number of hydrogen-bond acceptors (Lipinski definition) is 6. The van der Waals surface area contributed by atoms with Gasteiger partial charge in [-0.1, -0.05) is 36.4 Å². The average Bonchev–Trinajstić information content (AvgIpc) is 3.55. The Morgan fingerprint density at radius 3 is 2.26 bits per heavy atom. The first kappa shape index (κ1) is 30.6. The van der Waals surface area contributed by atoms with Gasteiger partial charge in [-0.3, -0.25) is 9.59 Å². The molecule has 8 nitrogen and oxygen atoms in total. The molecule has 1 amide bonds. The van der Waals surface area contributed by atoms with Gasteiger partial charge >= 0.3 is 7.12 Å². The Hall–Kier alpha value is -4.02. The number of halogens is 1. The van der Waals surface area contributed by atoms with E-state index in [4.69, 9.17) is 9.31 Å². The van der Waals surface area contributed by atoms with Gasteiger partial charge in [-0.15, -0.1) is 0 Å². The van der Waals surface area contributed by atoms with E-state index in [1.165, 1.54) is 11.8 Å². The van der Waals surface area contributed by atoms with Gasteiger partial charge in [-0.05, 0) is 93.7 Å². The number of aromatic amines is 1. The maximum atomic E-state index is 15.1. The lowest BCUT2D eigenvalue weighted by Crippen LogP contribution is -2.42.